The number of anilines is 1. The van der Waals surface area contributed by atoms with E-state index in [9.17, 15) is 4.39 Å². The molecule has 2 unspecified atom stereocenters. The minimum absolute atomic E-state index is 0.295. The monoisotopic (exact) mass is 353 g/mol. The lowest BCUT2D eigenvalue weighted by Gasteiger charge is -2.36. The molecule has 21 heavy (non-hydrogen) atoms. The predicted molar refractivity (Wildman–Crippen MR) is 87.6 cm³/mol. The normalized spacial score (nSPS) is 23.1. The average molecular weight is 354 g/mol. The molecule has 0 amide bonds. The maximum absolute atomic E-state index is 13.7. The van der Waals surface area contributed by atoms with Crippen LogP contribution in [0.15, 0.2) is 16.6 Å². The van der Waals surface area contributed by atoms with Gasteiger partial charge in [0.25, 0.3) is 0 Å². The van der Waals surface area contributed by atoms with Crippen molar-refractivity contribution in [1.82, 2.24) is 9.55 Å². The molecule has 0 radical (unpaired) electrons. The van der Waals surface area contributed by atoms with Gasteiger partial charge in [0.15, 0.2) is 0 Å². The Morgan fingerprint density at radius 3 is 2.76 bits per heavy atom. The van der Waals surface area contributed by atoms with E-state index in [1.54, 1.807) is 6.07 Å². The van der Waals surface area contributed by atoms with Crippen LogP contribution < -0.4 is 5.73 Å². The van der Waals surface area contributed by atoms with E-state index < -0.39 is 0 Å². The fourth-order valence-corrected chi connectivity index (χ4v) is 4.03. The second-order valence-electron chi connectivity index (χ2n) is 6.35. The predicted octanol–water partition coefficient (Wildman–Crippen LogP) is 4.91. The number of nitrogen functional groups attached to an aromatic ring is 1. The Hall–Kier alpha value is -1.10. The Morgan fingerprint density at radius 1 is 1.33 bits per heavy atom. The first-order valence-corrected chi connectivity index (χ1v) is 8.40. The summed E-state index contributed by atoms with van der Waals surface area (Å²) in [4.78, 5) is 4.36. The topological polar surface area (TPSA) is 43.8 Å². The molecule has 0 bridgehead atoms. The van der Waals surface area contributed by atoms with Crippen molar-refractivity contribution >= 4 is 32.9 Å². The van der Waals surface area contributed by atoms with Crippen molar-refractivity contribution in [2.24, 2.45) is 11.8 Å². The Labute approximate surface area is 132 Å². The summed E-state index contributed by atoms with van der Waals surface area (Å²) in [5, 5.41) is 0. The van der Waals surface area contributed by atoms with E-state index in [1.165, 1.54) is 25.3 Å². The number of halogens is 2. The highest BCUT2D eigenvalue weighted by Crippen LogP contribution is 2.41. The van der Waals surface area contributed by atoms with Gasteiger partial charge in [0.2, 0.25) is 5.95 Å². The summed E-state index contributed by atoms with van der Waals surface area (Å²) in [5.41, 5.74) is 7.73. The standard InChI is InChI=1S/C16H21BrFN3/c1-9(2)10-5-3-4-6-14(10)21-15-7-11(17)12(18)8-13(15)20-16(21)19/h7-10,14H,3-6H2,1-2H3,(H2,19,20). The molecule has 1 aromatic carbocycles. The molecule has 1 heterocycles. The highest BCUT2D eigenvalue weighted by molar-refractivity contribution is 9.10. The molecule has 2 aromatic rings. The van der Waals surface area contributed by atoms with Crippen LogP contribution in [-0.4, -0.2) is 9.55 Å². The largest absolute Gasteiger partial charge is 0.369 e. The fraction of sp³-hybridized carbons (Fsp3) is 0.562. The van der Waals surface area contributed by atoms with Gasteiger partial charge in [0, 0.05) is 12.1 Å². The summed E-state index contributed by atoms with van der Waals surface area (Å²) in [7, 11) is 0. The van der Waals surface area contributed by atoms with Gasteiger partial charge in [0.05, 0.1) is 15.5 Å². The molecule has 1 aliphatic carbocycles. The minimum Gasteiger partial charge on any atom is -0.369 e. The van der Waals surface area contributed by atoms with Gasteiger partial charge in [-0.25, -0.2) is 9.37 Å². The van der Waals surface area contributed by atoms with Crippen LogP contribution >= 0.6 is 15.9 Å². The molecule has 5 heteroatoms. The molecule has 1 aliphatic rings. The first-order chi connectivity index (χ1) is 9.99. The van der Waals surface area contributed by atoms with Crippen molar-refractivity contribution in [3.63, 3.8) is 0 Å². The number of aromatic nitrogens is 2. The number of hydrogen-bond acceptors (Lipinski definition) is 2. The van der Waals surface area contributed by atoms with Gasteiger partial charge in [-0.2, -0.15) is 0 Å². The smallest absolute Gasteiger partial charge is 0.201 e. The molecule has 0 spiro atoms. The number of fused-ring (bicyclic) bond motifs is 1. The van der Waals surface area contributed by atoms with Crippen LogP contribution in [0.2, 0.25) is 0 Å². The molecular formula is C16H21BrFN3. The van der Waals surface area contributed by atoms with Crippen LogP contribution in [0.5, 0.6) is 0 Å². The molecular weight excluding hydrogens is 333 g/mol. The summed E-state index contributed by atoms with van der Waals surface area (Å²) >= 11 is 3.27. The summed E-state index contributed by atoms with van der Waals surface area (Å²) in [6.07, 6.45) is 4.84. The zero-order chi connectivity index (χ0) is 15.1. The maximum Gasteiger partial charge on any atom is 0.201 e. The lowest BCUT2D eigenvalue weighted by atomic mass is 9.77. The van der Waals surface area contributed by atoms with Crippen LogP contribution in [-0.2, 0) is 0 Å². The minimum atomic E-state index is -0.295. The van der Waals surface area contributed by atoms with Crippen LogP contribution in [0, 0.1) is 17.7 Å². The third-order valence-corrected chi connectivity index (χ3v) is 5.34. The molecule has 3 nitrogen and oxygen atoms in total. The molecule has 2 atom stereocenters. The van der Waals surface area contributed by atoms with Gasteiger partial charge in [-0.1, -0.05) is 26.7 Å². The Balaban J connectivity index is 2.14. The molecule has 1 saturated carbocycles. The van der Waals surface area contributed by atoms with E-state index in [0.717, 1.165) is 11.9 Å². The second-order valence-corrected chi connectivity index (χ2v) is 7.21. The van der Waals surface area contributed by atoms with Gasteiger partial charge < -0.3 is 10.3 Å². The lowest BCUT2D eigenvalue weighted by Crippen LogP contribution is -2.27. The van der Waals surface area contributed by atoms with Crippen LogP contribution in [0.3, 0.4) is 0 Å². The van der Waals surface area contributed by atoms with E-state index in [1.807, 2.05) is 0 Å². The SMILES string of the molecule is CC(C)C1CCCCC1n1c(N)nc2cc(F)c(Br)cc21. The molecule has 1 fully saturated rings. The summed E-state index contributed by atoms with van der Waals surface area (Å²) in [6, 6.07) is 3.63. The van der Waals surface area contributed by atoms with E-state index in [4.69, 9.17) is 5.73 Å². The van der Waals surface area contributed by atoms with Crippen LogP contribution in [0.25, 0.3) is 11.0 Å². The van der Waals surface area contributed by atoms with Gasteiger partial charge in [-0.05, 0) is 46.7 Å². The number of nitrogens with zero attached hydrogens (tertiary/aromatic N) is 2. The highest BCUT2D eigenvalue weighted by atomic mass is 79.9. The molecule has 0 saturated heterocycles. The number of nitrogens with two attached hydrogens (primary N) is 1. The maximum atomic E-state index is 13.7. The Bertz CT molecular complexity index is 665. The van der Waals surface area contributed by atoms with Gasteiger partial charge in [-0.15, -0.1) is 0 Å². The number of hydrogen-bond donors (Lipinski definition) is 1. The number of rotatable bonds is 2. The van der Waals surface area contributed by atoms with Crippen molar-refractivity contribution in [3.05, 3.63) is 22.4 Å². The van der Waals surface area contributed by atoms with Crippen molar-refractivity contribution in [1.29, 1.82) is 0 Å². The molecule has 1 aromatic heterocycles. The van der Waals surface area contributed by atoms with Crippen molar-refractivity contribution in [2.75, 3.05) is 5.73 Å². The van der Waals surface area contributed by atoms with E-state index in [2.05, 4.69) is 39.3 Å². The third-order valence-electron chi connectivity index (χ3n) is 4.73. The average Bonchev–Trinajstić information content (AvgIpc) is 2.74. The van der Waals surface area contributed by atoms with E-state index >= 15 is 0 Å². The zero-order valence-corrected chi connectivity index (χ0v) is 14.0. The lowest BCUT2D eigenvalue weighted by molar-refractivity contribution is 0.189. The second kappa shape index (κ2) is 5.59. The first kappa shape index (κ1) is 14.8. The fourth-order valence-electron chi connectivity index (χ4n) is 3.70. The van der Waals surface area contributed by atoms with Crippen molar-refractivity contribution in [2.45, 2.75) is 45.6 Å². The summed E-state index contributed by atoms with van der Waals surface area (Å²) in [5.74, 6) is 1.41. The van der Waals surface area contributed by atoms with Crippen molar-refractivity contribution in [3.8, 4) is 0 Å². The number of benzene rings is 1. The van der Waals surface area contributed by atoms with Gasteiger partial charge >= 0.3 is 0 Å². The zero-order valence-electron chi connectivity index (χ0n) is 12.4. The quantitative estimate of drug-likeness (QED) is 0.833. The Morgan fingerprint density at radius 2 is 2.05 bits per heavy atom. The van der Waals surface area contributed by atoms with Gasteiger partial charge in [-0.3, -0.25) is 0 Å². The Kier molecular flexibility index (Phi) is 3.95. The number of imidazole rings is 1. The molecule has 2 N–H and O–H groups in total. The van der Waals surface area contributed by atoms with Crippen LogP contribution in [0.1, 0.15) is 45.6 Å². The molecule has 3 rings (SSSR count). The summed E-state index contributed by atoms with van der Waals surface area (Å²) < 4.78 is 16.3. The van der Waals surface area contributed by atoms with Gasteiger partial charge in [0.1, 0.15) is 5.82 Å². The summed E-state index contributed by atoms with van der Waals surface area (Å²) in [6.45, 7) is 4.54. The molecule has 114 valence electrons. The van der Waals surface area contributed by atoms with Crippen molar-refractivity contribution < 1.29 is 4.39 Å². The highest BCUT2D eigenvalue weighted by Gasteiger charge is 2.31. The third kappa shape index (κ3) is 2.56. The first-order valence-electron chi connectivity index (χ1n) is 7.61. The van der Waals surface area contributed by atoms with E-state index in [0.29, 0.717) is 33.8 Å². The molecule has 0 aliphatic heterocycles. The van der Waals surface area contributed by atoms with Crippen LogP contribution in [0.4, 0.5) is 10.3 Å². The van der Waals surface area contributed by atoms with E-state index in [-0.39, 0.29) is 5.82 Å².